The summed E-state index contributed by atoms with van der Waals surface area (Å²) in [4.78, 5) is 14.4. The van der Waals surface area contributed by atoms with Crippen LogP contribution < -0.4 is 5.56 Å². The summed E-state index contributed by atoms with van der Waals surface area (Å²) in [6.07, 6.45) is 0. The molecule has 18 heavy (non-hydrogen) atoms. The first kappa shape index (κ1) is 12.1. The fourth-order valence-corrected chi connectivity index (χ4v) is 2.05. The van der Waals surface area contributed by atoms with Gasteiger partial charge in [-0.25, -0.2) is 0 Å². The number of aromatic nitrogens is 1. The van der Waals surface area contributed by atoms with Crippen LogP contribution in [0.1, 0.15) is 22.4 Å². The number of benzene rings is 1. The Hall–Kier alpha value is -2.34. The van der Waals surface area contributed by atoms with Crippen molar-refractivity contribution < 1.29 is 0 Å². The summed E-state index contributed by atoms with van der Waals surface area (Å²) in [5.41, 5.74) is 4.51. The van der Waals surface area contributed by atoms with Gasteiger partial charge in [0.15, 0.2) is 0 Å². The first-order valence-electron chi connectivity index (χ1n) is 5.75. The molecule has 0 spiro atoms. The van der Waals surface area contributed by atoms with Gasteiger partial charge in [0.1, 0.15) is 11.6 Å². The van der Waals surface area contributed by atoms with Crippen molar-refractivity contribution in [3.05, 3.63) is 57.0 Å². The molecule has 1 N–H and O–H groups in total. The van der Waals surface area contributed by atoms with Crippen molar-refractivity contribution in [2.75, 3.05) is 0 Å². The maximum Gasteiger partial charge on any atom is 0.266 e. The molecule has 0 radical (unpaired) electrons. The molecule has 0 atom stereocenters. The van der Waals surface area contributed by atoms with Crippen LogP contribution in [-0.4, -0.2) is 4.98 Å². The first-order valence-corrected chi connectivity index (χ1v) is 5.75. The molecule has 2 aromatic rings. The van der Waals surface area contributed by atoms with Gasteiger partial charge in [0.25, 0.3) is 5.56 Å². The lowest BCUT2D eigenvalue weighted by Crippen LogP contribution is -2.13. The Morgan fingerprint density at radius 1 is 1.17 bits per heavy atom. The van der Waals surface area contributed by atoms with Gasteiger partial charge in [-0.1, -0.05) is 18.2 Å². The van der Waals surface area contributed by atoms with Gasteiger partial charge < -0.3 is 4.98 Å². The second-order valence-electron chi connectivity index (χ2n) is 4.43. The maximum absolute atomic E-state index is 11.8. The van der Waals surface area contributed by atoms with E-state index in [1.165, 1.54) is 0 Å². The highest BCUT2D eigenvalue weighted by molar-refractivity contribution is 5.73. The Labute approximate surface area is 106 Å². The van der Waals surface area contributed by atoms with E-state index in [1.54, 1.807) is 0 Å². The van der Waals surface area contributed by atoms with Crippen molar-refractivity contribution in [1.29, 1.82) is 5.26 Å². The quantitative estimate of drug-likeness (QED) is 0.830. The summed E-state index contributed by atoms with van der Waals surface area (Å²) in [6.45, 7) is 5.84. The van der Waals surface area contributed by atoms with E-state index in [-0.39, 0.29) is 11.1 Å². The molecule has 3 heteroatoms. The van der Waals surface area contributed by atoms with Crippen LogP contribution in [0.4, 0.5) is 0 Å². The zero-order chi connectivity index (χ0) is 13.3. The van der Waals surface area contributed by atoms with Crippen LogP contribution >= 0.6 is 0 Å². The van der Waals surface area contributed by atoms with Crippen molar-refractivity contribution >= 4 is 0 Å². The number of aryl methyl sites for hydroxylation is 2. The highest BCUT2D eigenvalue weighted by Crippen LogP contribution is 2.27. The predicted octanol–water partition coefficient (Wildman–Crippen LogP) is 2.84. The molecule has 1 aromatic heterocycles. The SMILES string of the molecule is Cc1cc(-c2cccc(C)c2C)c(C#N)c(=O)[nH]1. The average molecular weight is 238 g/mol. The molecule has 0 saturated heterocycles. The van der Waals surface area contributed by atoms with Crippen molar-refractivity contribution in [3.63, 3.8) is 0 Å². The van der Waals surface area contributed by atoms with Crippen LogP contribution in [-0.2, 0) is 0 Å². The number of aromatic amines is 1. The summed E-state index contributed by atoms with van der Waals surface area (Å²) >= 11 is 0. The minimum absolute atomic E-state index is 0.175. The molecule has 0 aliphatic heterocycles. The van der Waals surface area contributed by atoms with Gasteiger partial charge in [-0.3, -0.25) is 4.79 Å². The van der Waals surface area contributed by atoms with E-state index < -0.39 is 0 Å². The molecule has 0 bridgehead atoms. The standard InChI is InChI=1S/C15H14N2O/c1-9-5-4-6-12(11(9)3)13-7-10(2)17-15(18)14(13)8-16/h4-7H,1-3H3,(H,17,18). The second-order valence-corrected chi connectivity index (χ2v) is 4.43. The summed E-state index contributed by atoms with van der Waals surface area (Å²) < 4.78 is 0. The van der Waals surface area contributed by atoms with Gasteiger partial charge >= 0.3 is 0 Å². The van der Waals surface area contributed by atoms with Gasteiger partial charge in [0.05, 0.1) is 0 Å². The van der Waals surface area contributed by atoms with E-state index in [4.69, 9.17) is 5.26 Å². The van der Waals surface area contributed by atoms with E-state index in [2.05, 4.69) is 4.98 Å². The molecule has 0 amide bonds. The Kier molecular flexibility index (Phi) is 3.03. The Morgan fingerprint density at radius 3 is 2.56 bits per heavy atom. The largest absolute Gasteiger partial charge is 0.325 e. The molecule has 3 nitrogen and oxygen atoms in total. The molecule has 0 aliphatic rings. The monoisotopic (exact) mass is 238 g/mol. The van der Waals surface area contributed by atoms with Crippen LogP contribution in [0, 0.1) is 32.1 Å². The molecular weight excluding hydrogens is 224 g/mol. The van der Waals surface area contributed by atoms with Crippen molar-refractivity contribution in [1.82, 2.24) is 4.98 Å². The smallest absolute Gasteiger partial charge is 0.266 e. The fourth-order valence-electron chi connectivity index (χ4n) is 2.05. The number of pyridine rings is 1. The minimum Gasteiger partial charge on any atom is -0.325 e. The average Bonchev–Trinajstić information content (AvgIpc) is 2.32. The lowest BCUT2D eigenvalue weighted by atomic mass is 9.94. The Bertz CT molecular complexity index is 705. The lowest BCUT2D eigenvalue weighted by Gasteiger charge is -2.10. The second kappa shape index (κ2) is 4.50. The fraction of sp³-hybridized carbons (Fsp3) is 0.200. The van der Waals surface area contributed by atoms with Crippen LogP contribution in [0.2, 0.25) is 0 Å². The third kappa shape index (κ3) is 1.93. The third-order valence-corrected chi connectivity index (χ3v) is 3.17. The zero-order valence-electron chi connectivity index (χ0n) is 10.7. The van der Waals surface area contributed by atoms with E-state index in [1.807, 2.05) is 51.1 Å². The molecule has 0 unspecified atom stereocenters. The molecule has 0 saturated carbocycles. The van der Waals surface area contributed by atoms with E-state index >= 15 is 0 Å². The summed E-state index contributed by atoms with van der Waals surface area (Å²) in [5, 5.41) is 9.14. The number of hydrogen-bond donors (Lipinski definition) is 1. The molecule has 1 aromatic carbocycles. The summed E-state index contributed by atoms with van der Waals surface area (Å²) in [7, 11) is 0. The van der Waals surface area contributed by atoms with Crippen LogP contribution in [0.3, 0.4) is 0 Å². The zero-order valence-corrected chi connectivity index (χ0v) is 10.7. The van der Waals surface area contributed by atoms with E-state index in [9.17, 15) is 4.79 Å². The van der Waals surface area contributed by atoms with E-state index in [0.29, 0.717) is 5.56 Å². The van der Waals surface area contributed by atoms with Crippen molar-refractivity contribution in [2.45, 2.75) is 20.8 Å². The van der Waals surface area contributed by atoms with Crippen LogP contribution in [0.25, 0.3) is 11.1 Å². The molecule has 0 aliphatic carbocycles. The van der Waals surface area contributed by atoms with Crippen LogP contribution in [0.15, 0.2) is 29.1 Å². The normalized spacial score (nSPS) is 10.1. The number of nitriles is 1. The van der Waals surface area contributed by atoms with Gasteiger partial charge in [0.2, 0.25) is 0 Å². The number of nitrogens with zero attached hydrogens (tertiary/aromatic N) is 1. The first-order chi connectivity index (χ1) is 8.54. The summed E-state index contributed by atoms with van der Waals surface area (Å²) in [5.74, 6) is 0. The van der Waals surface area contributed by atoms with Gasteiger partial charge in [0, 0.05) is 11.3 Å². The molecule has 90 valence electrons. The van der Waals surface area contributed by atoms with Gasteiger partial charge in [-0.2, -0.15) is 5.26 Å². The number of H-pyrrole nitrogens is 1. The van der Waals surface area contributed by atoms with Gasteiger partial charge in [-0.05, 0) is 43.5 Å². The Balaban J connectivity index is 2.84. The molecule has 0 fully saturated rings. The minimum atomic E-state index is -0.326. The molecule has 1 heterocycles. The lowest BCUT2D eigenvalue weighted by molar-refractivity contribution is 1.13. The Morgan fingerprint density at radius 2 is 1.89 bits per heavy atom. The summed E-state index contributed by atoms with van der Waals surface area (Å²) in [6, 6.07) is 9.74. The third-order valence-electron chi connectivity index (χ3n) is 3.17. The van der Waals surface area contributed by atoms with Crippen molar-refractivity contribution in [3.8, 4) is 17.2 Å². The predicted molar refractivity (Wildman–Crippen MR) is 71.4 cm³/mol. The topological polar surface area (TPSA) is 56.6 Å². The van der Waals surface area contributed by atoms with Crippen molar-refractivity contribution in [2.24, 2.45) is 0 Å². The highest BCUT2D eigenvalue weighted by atomic mass is 16.1. The number of hydrogen-bond acceptors (Lipinski definition) is 2. The molecule has 2 rings (SSSR count). The maximum atomic E-state index is 11.8. The number of rotatable bonds is 1. The van der Waals surface area contributed by atoms with Gasteiger partial charge in [-0.15, -0.1) is 0 Å². The highest BCUT2D eigenvalue weighted by Gasteiger charge is 2.12. The van der Waals surface area contributed by atoms with E-state index in [0.717, 1.165) is 22.4 Å². The van der Waals surface area contributed by atoms with Crippen LogP contribution in [0.5, 0.6) is 0 Å². The molecular formula is C15H14N2O. The number of nitrogens with one attached hydrogen (secondary N) is 1.